The van der Waals surface area contributed by atoms with Gasteiger partial charge in [0.2, 0.25) is 0 Å². The van der Waals surface area contributed by atoms with Gasteiger partial charge in [0, 0.05) is 29.9 Å². The van der Waals surface area contributed by atoms with E-state index < -0.39 is 17.5 Å². The number of Topliss-reactive ketones (excluding diaryl/α,β-unsaturated/α-hetero) is 1. The molecule has 26 heavy (non-hydrogen) atoms. The molecule has 0 aliphatic carbocycles. The van der Waals surface area contributed by atoms with Crippen molar-refractivity contribution in [1.29, 1.82) is 0 Å². The molecule has 0 aliphatic rings. The standard InChI is InChI=1S/C18H18N2O6/c1-12-2-4-13(5-3-12)17(22)11-26-18(23)15-10-14(20(24)25)6-7-16(15)19-8-9-21/h2-7,10,19,21H,8-9,11H2,1H3. The first kappa shape index (κ1) is 19.1. The largest absolute Gasteiger partial charge is 0.454 e. The van der Waals surface area contributed by atoms with Crippen molar-refractivity contribution >= 4 is 23.1 Å². The molecule has 136 valence electrons. The Morgan fingerprint density at radius 1 is 1.19 bits per heavy atom. The molecule has 0 unspecified atom stereocenters. The van der Waals surface area contributed by atoms with Gasteiger partial charge in [-0.3, -0.25) is 14.9 Å². The molecule has 2 aromatic rings. The maximum atomic E-state index is 12.3. The minimum atomic E-state index is -0.866. The van der Waals surface area contributed by atoms with Crippen LogP contribution in [0.4, 0.5) is 11.4 Å². The number of nitro benzene ring substituents is 1. The van der Waals surface area contributed by atoms with Crippen LogP contribution in [0.5, 0.6) is 0 Å². The zero-order valence-corrected chi connectivity index (χ0v) is 14.1. The molecule has 2 N–H and O–H groups in total. The number of nitrogens with one attached hydrogen (secondary N) is 1. The second-order valence-electron chi connectivity index (χ2n) is 5.50. The minimum absolute atomic E-state index is 0.0793. The number of esters is 1. The number of anilines is 1. The quantitative estimate of drug-likeness (QED) is 0.322. The van der Waals surface area contributed by atoms with Crippen LogP contribution in [0.25, 0.3) is 0 Å². The summed E-state index contributed by atoms with van der Waals surface area (Å²) >= 11 is 0. The van der Waals surface area contributed by atoms with E-state index in [1.807, 2.05) is 6.92 Å². The molecule has 2 aromatic carbocycles. The lowest BCUT2D eigenvalue weighted by Gasteiger charge is -2.11. The van der Waals surface area contributed by atoms with Gasteiger partial charge in [-0.15, -0.1) is 0 Å². The molecule has 8 nitrogen and oxygen atoms in total. The molecule has 0 saturated carbocycles. The summed E-state index contributed by atoms with van der Waals surface area (Å²) in [5.41, 5.74) is 1.31. The van der Waals surface area contributed by atoms with Gasteiger partial charge in [-0.05, 0) is 13.0 Å². The minimum Gasteiger partial charge on any atom is -0.454 e. The Morgan fingerprint density at radius 2 is 1.88 bits per heavy atom. The first-order chi connectivity index (χ1) is 12.4. The van der Waals surface area contributed by atoms with Gasteiger partial charge < -0.3 is 15.2 Å². The average Bonchev–Trinajstić information content (AvgIpc) is 2.64. The molecule has 0 atom stereocenters. The number of aryl methyl sites for hydroxylation is 1. The zero-order valence-electron chi connectivity index (χ0n) is 14.1. The second-order valence-corrected chi connectivity index (χ2v) is 5.50. The molecule has 0 saturated heterocycles. The molecule has 0 amide bonds. The van der Waals surface area contributed by atoms with E-state index >= 15 is 0 Å². The maximum Gasteiger partial charge on any atom is 0.340 e. The van der Waals surface area contributed by atoms with Crippen LogP contribution in [0.3, 0.4) is 0 Å². The van der Waals surface area contributed by atoms with Crippen LogP contribution >= 0.6 is 0 Å². The number of aliphatic hydroxyl groups excluding tert-OH is 1. The van der Waals surface area contributed by atoms with Crippen molar-refractivity contribution in [3.05, 3.63) is 69.3 Å². The van der Waals surface area contributed by atoms with E-state index in [4.69, 9.17) is 9.84 Å². The van der Waals surface area contributed by atoms with Crippen LogP contribution in [0.15, 0.2) is 42.5 Å². The van der Waals surface area contributed by atoms with Gasteiger partial charge in [0.1, 0.15) is 0 Å². The van der Waals surface area contributed by atoms with E-state index in [2.05, 4.69) is 5.32 Å². The van der Waals surface area contributed by atoms with Crippen LogP contribution in [0.1, 0.15) is 26.3 Å². The van der Waals surface area contributed by atoms with E-state index in [0.29, 0.717) is 5.56 Å². The third-order valence-electron chi connectivity index (χ3n) is 3.57. The van der Waals surface area contributed by atoms with Crippen LogP contribution in [-0.2, 0) is 4.74 Å². The van der Waals surface area contributed by atoms with Crippen LogP contribution in [0.2, 0.25) is 0 Å². The number of hydrogen-bond acceptors (Lipinski definition) is 7. The molecule has 0 heterocycles. The fourth-order valence-corrected chi connectivity index (χ4v) is 2.19. The van der Waals surface area contributed by atoms with Gasteiger partial charge in [0.05, 0.1) is 17.1 Å². The lowest BCUT2D eigenvalue weighted by atomic mass is 10.1. The van der Waals surface area contributed by atoms with Gasteiger partial charge in [-0.25, -0.2) is 4.79 Å². The fraction of sp³-hybridized carbons (Fsp3) is 0.222. The number of carbonyl (C=O) groups excluding carboxylic acids is 2. The summed E-state index contributed by atoms with van der Waals surface area (Å²) in [7, 11) is 0. The van der Waals surface area contributed by atoms with Gasteiger partial charge in [0.25, 0.3) is 5.69 Å². The summed E-state index contributed by atoms with van der Waals surface area (Å²) < 4.78 is 5.02. The predicted octanol–water partition coefficient (Wildman–Crippen LogP) is 2.35. The van der Waals surface area contributed by atoms with Crippen molar-refractivity contribution in [2.24, 2.45) is 0 Å². The Bertz CT molecular complexity index is 817. The molecular weight excluding hydrogens is 340 g/mol. The summed E-state index contributed by atoms with van der Waals surface area (Å²) in [5.74, 6) is -1.25. The van der Waals surface area contributed by atoms with Crippen molar-refractivity contribution in [1.82, 2.24) is 0 Å². The topological polar surface area (TPSA) is 119 Å². The Morgan fingerprint density at radius 3 is 2.50 bits per heavy atom. The third-order valence-corrected chi connectivity index (χ3v) is 3.57. The van der Waals surface area contributed by atoms with Crippen molar-refractivity contribution in [2.45, 2.75) is 6.92 Å². The lowest BCUT2D eigenvalue weighted by molar-refractivity contribution is -0.384. The van der Waals surface area contributed by atoms with E-state index in [9.17, 15) is 19.7 Å². The number of non-ortho nitro benzene ring substituents is 1. The molecule has 0 aliphatic heterocycles. The van der Waals surface area contributed by atoms with E-state index in [1.54, 1.807) is 24.3 Å². The molecule has 2 rings (SSSR count). The number of ether oxygens (including phenoxy) is 1. The first-order valence-electron chi connectivity index (χ1n) is 7.82. The normalized spacial score (nSPS) is 10.2. The van der Waals surface area contributed by atoms with Gasteiger partial charge in [-0.2, -0.15) is 0 Å². The van der Waals surface area contributed by atoms with Crippen molar-refractivity contribution < 1.29 is 24.4 Å². The lowest BCUT2D eigenvalue weighted by Crippen LogP contribution is -2.17. The average molecular weight is 358 g/mol. The highest BCUT2D eigenvalue weighted by molar-refractivity contribution is 6.01. The molecular formula is C18H18N2O6. The summed E-state index contributed by atoms with van der Waals surface area (Å²) in [6, 6.07) is 10.5. The summed E-state index contributed by atoms with van der Waals surface area (Å²) in [6.45, 7) is 1.37. The number of benzene rings is 2. The molecule has 0 bridgehead atoms. The van der Waals surface area contributed by atoms with Crippen molar-refractivity contribution in [2.75, 3.05) is 25.1 Å². The van der Waals surface area contributed by atoms with Crippen molar-refractivity contribution in [3.63, 3.8) is 0 Å². The molecule has 0 radical (unpaired) electrons. The number of nitrogens with zero attached hydrogens (tertiary/aromatic N) is 1. The maximum absolute atomic E-state index is 12.3. The molecule has 0 spiro atoms. The Labute approximate surface area is 149 Å². The van der Waals surface area contributed by atoms with Gasteiger partial charge in [-0.1, -0.05) is 29.8 Å². The highest BCUT2D eigenvalue weighted by Gasteiger charge is 2.19. The monoisotopic (exact) mass is 358 g/mol. The van der Waals surface area contributed by atoms with Crippen LogP contribution in [-0.4, -0.2) is 41.5 Å². The highest BCUT2D eigenvalue weighted by Crippen LogP contribution is 2.23. The number of carbonyl (C=O) groups is 2. The predicted molar refractivity (Wildman–Crippen MR) is 94.5 cm³/mol. The summed E-state index contributed by atoms with van der Waals surface area (Å²) in [5, 5.41) is 22.6. The van der Waals surface area contributed by atoms with Crippen LogP contribution in [0, 0.1) is 17.0 Å². The molecule has 8 heteroatoms. The third kappa shape index (κ3) is 4.87. The van der Waals surface area contributed by atoms with Crippen LogP contribution < -0.4 is 5.32 Å². The number of rotatable bonds is 8. The number of aliphatic hydroxyl groups is 1. The summed E-state index contributed by atoms with van der Waals surface area (Å²) in [4.78, 5) is 34.7. The smallest absolute Gasteiger partial charge is 0.340 e. The Balaban J connectivity index is 2.13. The zero-order chi connectivity index (χ0) is 19.1. The Hall–Kier alpha value is -3.26. The fourth-order valence-electron chi connectivity index (χ4n) is 2.19. The van der Waals surface area contributed by atoms with E-state index in [-0.39, 0.29) is 35.9 Å². The summed E-state index contributed by atoms with van der Waals surface area (Å²) in [6.07, 6.45) is 0. The van der Waals surface area contributed by atoms with Crippen molar-refractivity contribution in [3.8, 4) is 0 Å². The second kappa shape index (κ2) is 8.72. The first-order valence-corrected chi connectivity index (χ1v) is 7.82. The van der Waals surface area contributed by atoms with Gasteiger partial charge >= 0.3 is 5.97 Å². The number of ketones is 1. The van der Waals surface area contributed by atoms with E-state index in [1.165, 1.54) is 12.1 Å². The number of nitro groups is 1. The van der Waals surface area contributed by atoms with E-state index in [0.717, 1.165) is 11.6 Å². The Kier molecular flexibility index (Phi) is 6.40. The molecule has 0 fully saturated rings. The van der Waals surface area contributed by atoms with Gasteiger partial charge in [0.15, 0.2) is 12.4 Å². The molecule has 0 aromatic heterocycles. The highest BCUT2D eigenvalue weighted by atomic mass is 16.6. The SMILES string of the molecule is Cc1ccc(C(=O)COC(=O)c2cc([N+](=O)[O-])ccc2NCCO)cc1. The number of hydrogen-bond donors (Lipinski definition) is 2.